The Morgan fingerprint density at radius 2 is 1.75 bits per heavy atom. The molecule has 0 spiro atoms. The molecule has 2 aromatic rings. The van der Waals surface area contributed by atoms with Crippen LogP contribution in [0.4, 0.5) is 0 Å². The van der Waals surface area contributed by atoms with Crippen LogP contribution in [0.25, 0.3) is 0 Å². The van der Waals surface area contributed by atoms with Gasteiger partial charge in [0.05, 0.1) is 12.5 Å². The summed E-state index contributed by atoms with van der Waals surface area (Å²) in [6.45, 7) is 7.60. The van der Waals surface area contributed by atoms with Gasteiger partial charge in [0, 0.05) is 27.2 Å². The number of benzene rings is 2. The molecular formula is C23H32N2O3. The maximum atomic E-state index is 12.4. The molecule has 5 nitrogen and oxygen atoms in total. The normalized spacial score (nSPS) is 11.9. The molecule has 0 saturated carbocycles. The number of rotatable bonds is 9. The number of amides is 1. The zero-order valence-electron chi connectivity index (χ0n) is 17.6. The molecule has 0 aliphatic rings. The summed E-state index contributed by atoms with van der Waals surface area (Å²) in [5.41, 5.74) is 11.2. The Bertz CT molecular complexity index is 777. The fraction of sp³-hybridized carbons (Fsp3) is 0.435. The van der Waals surface area contributed by atoms with Crippen molar-refractivity contribution in [3.63, 3.8) is 0 Å². The van der Waals surface area contributed by atoms with E-state index < -0.39 is 0 Å². The first-order chi connectivity index (χ1) is 13.3. The minimum absolute atomic E-state index is 0.0208. The van der Waals surface area contributed by atoms with Gasteiger partial charge >= 0.3 is 0 Å². The average molecular weight is 385 g/mol. The molecule has 0 fully saturated rings. The summed E-state index contributed by atoms with van der Waals surface area (Å²) < 4.78 is 11.3. The molecule has 1 amide bonds. The summed E-state index contributed by atoms with van der Waals surface area (Å²) in [7, 11) is 3.38. The van der Waals surface area contributed by atoms with Crippen LogP contribution in [0.3, 0.4) is 0 Å². The smallest absolute Gasteiger partial charge is 0.225 e. The Labute approximate surface area is 168 Å². The topological polar surface area (TPSA) is 64.8 Å². The van der Waals surface area contributed by atoms with E-state index in [1.165, 1.54) is 11.1 Å². The Morgan fingerprint density at radius 3 is 2.32 bits per heavy atom. The van der Waals surface area contributed by atoms with Crippen molar-refractivity contribution in [2.45, 2.75) is 46.4 Å². The van der Waals surface area contributed by atoms with Crippen molar-refractivity contribution in [3.8, 4) is 5.75 Å². The van der Waals surface area contributed by atoms with E-state index in [9.17, 15) is 4.79 Å². The summed E-state index contributed by atoms with van der Waals surface area (Å²) in [4.78, 5) is 14.1. The van der Waals surface area contributed by atoms with Crippen molar-refractivity contribution in [2.24, 2.45) is 5.73 Å². The van der Waals surface area contributed by atoms with Crippen LogP contribution >= 0.6 is 0 Å². The van der Waals surface area contributed by atoms with Crippen LogP contribution in [0.1, 0.15) is 34.2 Å². The van der Waals surface area contributed by atoms with Gasteiger partial charge in [-0.25, -0.2) is 0 Å². The van der Waals surface area contributed by atoms with E-state index in [0.717, 1.165) is 22.4 Å². The van der Waals surface area contributed by atoms with E-state index in [-0.39, 0.29) is 12.0 Å². The van der Waals surface area contributed by atoms with Crippen LogP contribution in [-0.2, 0) is 22.7 Å². The van der Waals surface area contributed by atoms with E-state index in [1.54, 1.807) is 19.1 Å². The number of hydrogen-bond donors (Lipinski definition) is 1. The van der Waals surface area contributed by atoms with Gasteiger partial charge in [0.25, 0.3) is 0 Å². The zero-order chi connectivity index (χ0) is 20.7. The van der Waals surface area contributed by atoms with Gasteiger partial charge in [-0.05, 0) is 48.6 Å². The summed E-state index contributed by atoms with van der Waals surface area (Å²) >= 11 is 0. The highest BCUT2D eigenvalue weighted by atomic mass is 16.5. The predicted molar refractivity (Wildman–Crippen MR) is 112 cm³/mol. The predicted octanol–water partition coefficient (Wildman–Crippen LogP) is 3.51. The van der Waals surface area contributed by atoms with Gasteiger partial charge in [-0.2, -0.15) is 0 Å². The molecular weight excluding hydrogens is 352 g/mol. The molecule has 2 rings (SSSR count). The second-order valence-electron chi connectivity index (χ2n) is 7.32. The van der Waals surface area contributed by atoms with Gasteiger partial charge < -0.3 is 20.1 Å². The molecule has 0 heterocycles. The van der Waals surface area contributed by atoms with E-state index >= 15 is 0 Å². The number of nitrogens with two attached hydrogens (primary N) is 1. The first kappa shape index (κ1) is 21.9. The van der Waals surface area contributed by atoms with Crippen LogP contribution < -0.4 is 10.5 Å². The summed E-state index contributed by atoms with van der Waals surface area (Å²) in [6, 6.07) is 12.4. The number of methoxy groups -OCH3 is 1. The standard InChI is InChI=1S/C23H32N2O3/c1-16-8-6-7-9-20(16)15-28-23-17(2)10-19(11-18(23)3)14-25(4)22(26)12-21(13-24)27-5/h6-11,21H,12-15,24H2,1-5H3. The lowest BCUT2D eigenvalue weighted by Crippen LogP contribution is -2.33. The highest BCUT2D eigenvalue weighted by Gasteiger charge is 2.16. The second-order valence-corrected chi connectivity index (χ2v) is 7.32. The maximum absolute atomic E-state index is 12.4. The second kappa shape index (κ2) is 10.2. The lowest BCUT2D eigenvalue weighted by atomic mass is 10.0. The van der Waals surface area contributed by atoms with Crippen molar-refractivity contribution < 1.29 is 14.3 Å². The third-order valence-electron chi connectivity index (χ3n) is 5.00. The Balaban J connectivity index is 2.04. The van der Waals surface area contributed by atoms with Crippen molar-refractivity contribution >= 4 is 5.91 Å². The molecule has 1 atom stereocenters. The lowest BCUT2D eigenvalue weighted by Gasteiger charge is -2.21. The fourth-order valence-electron chi connectivity index (χ4n) is 3.26. The monoisotopic (exact) mass is 384 g/mol. The molecule has 152 valence electrons. The van der Waals surface area contributed by atoms with Gasteiger partial charge in [-0.3, -0.25) is 4.79 Å². The van der Waals surface area contributed by atoms with Crippen molar-refractivity contribution in [2.75, 3.05) is 20.7 Å². The van der Waals surface area contributed by atoms with Crippen LogP contribution in [0.2, 0.25) is 0 Å². The van der Waals surface area contributed by atoms with Gasteiger partial charge in [-0.15, -0.1) is 0 Å². The van der Waals surface area contributed by atoms with Crippen LogP contribution in [0.15, 0.2) is 36.4 Å². The summed E-state index contributed by atoms with van der Waals surface area (Å²) in [6.07, 6.45) is 0.0506. The molecule has 2 aromatic carbocycles. The SMILES string of the molecule is COC(CN)CC(=O)N(C)Cc1cc(C)c(OCc2ccccc2C)c(C)c1. The zero-order valence-corrected chi connectivity index (χ0v) is 17.6. The number of carbonyl (C=O) groups excluding carboxylic acids is 1. The molecule has 2 N–H and O–H groups in total. The van der Waals surface area contributed by atoms with Gasteiger partial charge in [0.15, 0.2) is 0 Å². The Kier molecular flexibility index (Phi) is 8.03. The summed E-state index contributed by atoms with van der Waals surface area (Å²) in [5, 5.41) is 0. The number of carbonyl (C=O) groups is 1. The maximum Gasteiger partial charge on any atom is 0.225 e. The summed E-state index contributed by atoms with van der Waals surface area (Å²) in [5.74, 6) is 0.927. The highest BCUT2D eigenvalue weighted by molar-refractivity contribution is 5.76. The average Bonchev–Trinajstić information content (AvgIpc) is 2.66. The minimum Gasteiger partial charge on any atom is -0.488 e. The number of hydrogen-bond acceptors (Lipinski definition) is 4. The molecule has 0 aliphatic heterocycles. The van der Waals surface area contributed by atoms with Crippen LogP contribution in [0, 0.1) is 20.8 Å². The van der Waals surface area contributed by atoms with Crippen LogP contribution in [-0.4, -0.2) is 37.6 Å². The lowest BCUT2D eigenvalue weighted by molar-refractivity contribution is -0.132. The fourth-order valence-corrected chi connectivity index (χ4v) is 3.26. The molecule has 0 radical (unpaired) electrons. The third-order valence-corrected chi connectivity index (χ3v) is 5.00. The van der Waals surface area contributed by atoms with Crippen molar-refractivity contribution in [3.05, 3.63) is 64.2 Å². The van der Waals surface area contributed by atoms with Crippen molar-refractivity contribution in [1.29, 1.82) is 0 Å². The number of aryl methyl sites for hydroxylation is 3. The molecule has 0 bridgehead atoms. The van der Waals surface area contributed by atoms with Crippen LogP contribution in [0.5, 0.6) is 5.75 Å². The van der Waals surface area contributed by atoms with Gasteiger partial charge in [0.2, 0.25) is 5.91 Å². The minimum atomic E-state index is -0.240. The first-order valence-corrected chi connectivity index (χ1v) is 9.60. The van der Waals surface area contributed by atoms with E-state index in [2.05, 4.69) is 31.2 Å². The molecule has 0 saturated heterocycles. The molecule has 5 heteroatoms. The van der Waals surface area contributed by atoms with E-state index in [1.807, 2.05) is 26.0 Å². The Morgan fingerprint density at radius 1 is 1.11 bits per heavy atom. The highest BCUT2D eigenvalue weighted by Crippen LogP contribution is 2.27. The van der Waals surface area contributed by atoms with E-state index in [4.69, 9.17) is 15.2 Å². The number of ether oxygens (including phenoxy) is 2. The Hall–Kier alpha value is -2.37. The van der Waals surface area contributed by atoms with E-state index in [0.29, 0.717) is 26.1 Å². The van der Waals surface area contributed by atoms with Gasteiger partial charge in [0.1, 0.15) is 12.4 Å². The molecule has 0 aromatic heterocycles. The third kappa shape index (κ3) is 5.81. The number of nitrogens with zero attached hydrogens (tertiary/aromatic N) is 1. The molecule has 1 unspecified atom stereocenters. The van der Waals surface area contributed by atoms with Gasteiger partial charge in [-0.1, -0.05) is 36.4 Å². The quantitative estimate of drug-likeness (QED) is 0.718. The molecule has 0 aliphatic carbocycles. The first-order valence-electron chi connectivity index (χ1n) is 9.60. The van der Waals surface area contributed by atoms with Crippen molar-refractivity contribution in [1.82, 2.24) is 4.90 Å². The largest absolute Gasteiger partial charge is 0.488 e. The molecule has 28 heavy (non-hydrogen) atoms.